The SMILES string of the molecule is CCC1CC2C3CCC4=CC(=O)CCC4(C)C3=CCC2(C)C1C(=O)COC(C)=O. The molecule has 4 aliphatic rings. The molecule has 0 amide bonds. The molecule has 4 nitrogen and oxygen atoms in total. The summed E-state index contributed by atoms with van der Waals surface area (Å²) < 4.78 is 5.09. The van der Waals surface area contributed by atoms with Gasteiger partial charge in [-0.25, -0.2) is 0 Å². The van der Waals surface area contributed by atoms with Crippen LogP contribution in [0.1, 0.15) is 72.6 Å². The number of rotatable bonds is 4. The van der Waals surface area contributed by atoms with Crippen molar-refractivity contribution in [1.29, 1.82) is 0 Å². The molecular weight excluding hydrogens is 364 g/mol. The first kappa shape index (κ1) is 20.6. The summed E-state index contributed by atoms with van der Waals surface area (Å²) in [6, 6.07) is 0. The lowest BCUT2D eigenvalue weighted by Crippen LogP contribution is -2.46. The number of ether oxygens (including phenoxy) is 1. The van der Waals surface area contributed by atoms with Crippen LogP contribution in [-0.4, -0.2) is 24.1 Å². The minimum absolute atomic E-state index is 0.0275. The summed E-state index contributed by atoms with van der Waals surface area (Å²) in [5.74, 6) is 1.31. The van der Waals surface area contributed by atoms with E-state index >= 15 is 0 Å². The Balaban J connectivity index is 1.67. The van der Waals surface area contributed by atoms with Crippen molar-refractivity contribution in [3.63, 3.8) is 0 Å². The van der Waals surface area contributed by atoms with Crippen LogP contribution in [0, 0.1) is 34.5 Å². The van der Waals surface area contributed by atoms with Gasteiger partial charge in [-0.3, -0.25) is 14.4 Å². The van der Waals surface area contributed by atoms with Gasteiger partial charge in [0.05, 0.1) is 0 Å². The highest BCUT2D eigenvalue weighted by Gasteiger charge is 2.60. The van der Waals surface area contributed by atoms with Gasteiger partial charge in [-0.15, -0.1) is 0 Å². The van der Waals surface area contributed by atoms with E-state index in [1.165, 1.54) is 18.1 Å². The molecule has 0 bridgehead atoms. The van der Waals surface area contributed by atoms with Gasteiger partial charge in [0.15, 0.2) is 11.6 Å². The Labute approximate surface area is 174 Å². The number of allylic oxidation sites excluding steroid dienone is 4. The van der Waals surface area contributed by atoms with E-state index < -0.39 is 0 Å². The van der Waals surface area contributed by atoms with Crippen LogP contribution < -0.4 is 0 Å². The van der Waals surface area contributed by atoms with Crippen LogP contribution in [0.25, 0.3) is 0 Å². The molecule has 158 valence electrons. The number of carbonyl (C=O) groups is 3. The minimum atomic E-state index is -0.386. The number of Topliss-reactive ketones (excluding diaryl/α,β-unsaturated/α-hetero) is 1. The summed E-state index contributed by atoms with van der Waals surface area (Å²) in [5, 5.41) is 0. The van der Waals surface area contributed by atoms with Crippen molar-refractivity contribution in [2.75, 3.05) is 6.61 Å². The Kier molecular flexibility index (Phi) is 5.11. The van der Waals surface area contributed by atoms with Crippen LogP contribution in [-0.2, 0) is 19.1 Å². The molecule has 0 aromatic heterocycles. The normalized spacial score (nSPS) is 40.9. The first-order chi connectivity index (χ1) is 13.7. The van der Waals surface area contributed by atoms with E-state index in [0.29, 0.717) is 24.2 Å². The number of hydrogen-bond acceptors (Lipinski definition) is 4. The third-order valence-corrected chi connectivity index (χ3v) is 8.80. The second-order valence-electron chi connectivity index (χ2n) is 10.2. The zero-order chi connectivity index (χ0) is 21.0. The molecule has 4 rings (SSSR count). The van der Waals surface area contributed by atoms with Gasteiger partial charge in [0.2, 0.25) is 0 Å². The Morgan fingerprint density at radius 1 is 1.24 bits per heavy atom. The van der Waals surface area contributed by atoms with Gasteiger partial charge in [0, 0.05) is 24.7 Å². The molecule has 0 aliphatic heterocycles. The largest absolute Gasteiger partial charge is 0.458 e. The van der Waals surface area contributed by atoms with Crippen LogP contribution >= 0.6 is 0 Å². The zero-order valence-corrected chi connectivity index (χ0v) is 18.3. The highest BCUT2D eigenvalue weighted by Crippen LogP contribution is 2.66. The van der Waals surface area contributed by atoms with Crippen molar-refractivity contribution in [3.05, 3.63) is 23.3 Å². The van der Waals surface area contributed by atoms with Gasteiger partial charge >= 0.3 is 5.97 Å². The predicted molar refractivity (Wildman–Crippen MR) is 111 cm³/mol. The second-order valence-corrected chi connectivity index (χ2v) is 10.2. The molecule has 0 aromatic carbocycles. The number of hydrogen-bond donors (Lipinski definition) is 0. The summed E-state index contributed by atoms with van der Waals surface area (Å²) in [7, 11) is 0. The third kappa shape index (κ3) is 3.14. The average Bonchev–Trinajstić information content (AvgIpc) is 2.99. The molecular formula is C25H34O4. The lowest BCUT2D eigenvalue weighted by atomic mass is 9.51. The predicted octanol–water partition coefficient (Wildman–Crippen LogP) is 4.82. The van der Waals surface area contributed by atoms with Gasteiger partial charge in [-0.2, -0.15) is 0 Å². The maximum atomic E-state index is 13.1. The second kappa shape index (κ2) is 7.21. The van der Waals surface area contributed by atoms with Gasteiger partial charge in [-0.1, -0.05) is 44.4 Å². The maximum absolute atomic E-state index is 13.1. The van der Waals surface area contributed by atoms with Crippen molar-refractivity contribution in [1.82, 2.24) is 0 Å². The van der Waals surface area contributed by atoms with E-state index in [4.69, 9.17) is 4.74 Å². The van der Waals surface area contributed by atoms with Crippen molar-refractivity contribution in [2.45, 2.75) is 72.6 Å². The molecule has 4 aliphatic carbocycles. The molecule has 0 spiro atoms. The fourth-order valence-corrected chi connectivity index (χ4v) is 7.34. The zero-order valence-electron chi connectivity index (χ0n) is 18.3. The van der Waals surface area contributed by atoms with E-state index in [1.807, 2.05) is 6.08 Å². The van der Waals surface area contributed by atoms with E-state index in [0.717, 1.165) is 38.5 Å². The van der Waals surface area contributed by atoms with E-state index in [-0.39, 0.29) is 40.9 Å². The Morgan fingerprint density at radius 3 is 2.69 bits per heavy atom. The number of carbonyl (C=O) groups excluding carboxylic acids is 3. The smallest absolute Gasteiger partial charge is 0.303 e. The molecule has 0 heterocycles. The summed E-state index contributed by atoms with van der Waals surface area (Å²) in [6.07, 6.45) is 11.0. The van der Waals surface area contributed by atoms with E-state index in [9.17, 15) is 14.4 Å². The van der Waals surface area contributed by atoms with Gasteiger partial charge in [0.1, 0.15) is 6.61 Å². The van der Waals surface area contributed by atoms with Crippen molar-refractivity contribution in [3.8, 4) is 0 Å². The Morgan fingerprint density at radius 2 is 2.00 bits per heavy atom. The van der Waals surface area contributed by atoms with Crippen LogP contribution in [0.15, 0.2) is 23.3 Å². The molecule has 0 N–H and O–H groups in total. The quantitative estimate of drug-likeness (QED) is 0.503. The summed E-state index contributed by atoms with van der Waals surface area (Å²) in [4.78, 5) is 36.4. The summed E-state index contributed by atoms with van der Waals surface area (Å²) >= 11 is 0. The van der Waals surface area contributed by atoms with Gasteiger partial charge < -0.3 is 4.74 Å². The highest BCUT2D eigenvalue weighted by molar-refractivity contribution is 5.92. The average molecular weight is 399 g/mol. The van der Waals surface area contributed by atoms with Gasteiger partial charge in [0.25, 0.3) is 0 Å². The maximum Gasteiger partial charge on any atom is 0.303 e. The first-order valence-corrected chi connectivity index (χ1v) is 11.3. The highest BCUT2D eigenvalue weighted by atomic mass is 16.5. The lowest BCUT2D eigenvalue weighted by molar-refractivity contribution is -0.148. The fraction of sp³-hybridized carbons (Fsp3) is 0.720. The molecule has 29 heavy (non-hydrogen) atoms. The third-order valence-electron chi connectivity index (χ3n) is 8.80. The van der Waals surface area contributed by atoms with E-state index in [1.54, 1.807) is 0 Å². The van der Waals surface area contributed by atoms with Crippen molar-refractivity contribution < 1.29 is 19.1 Å². The minimum Gasteiger partial charge on any atom is -0.458 e. The Hall–Kier alpha value is -1.71. The van der Waals surface area contributed by atoms with Gasteiger partial charge in [-0.05, 0) is 61.3 Å². The van der Waals surface area contributed by atoms with Crippen LogP contribution in [0.2, 0.25) is 0 Å². The monoisotopic (exact) mass is 398 g/mol. The molecule has 4 heteroatoms. The molecule has 2 fully saturated rings. The number of esters is 1. The fourth-order valence-electron chi connectivity index (χ4n) is 7.34. The van der Waals surface area contributed by atoms with Crippen LogP contribution in [0.4, 0.5) is 0 Å². The van der Waals surface area contributed by atoms with Crippen molar-refractivity contribution in [2.24, 2.45) is 34.5 Å². The molecule has 0 saturated heterocycles. The lowest BCUT2D eigenvalue weighted by Gasteiger charge is -2.53. The van der Waals surface area contributed by atoms with E-state index in [2.05, 4.69) is 26.8 Å². The standard InChI is InChI=1S/C25H34O4/c1-5-16-12-21-19-7-6-17-13-18(27)8-10-24(17,3)20(19)9-11-25(21,4)23(16)22(28)14-29-15(2)26/h9,13,16,19,21,23H,5-8,10-12,14H2,1-4H3. The van der Waals surface area contributed by atoms with Crippen molar-refractivity contribution >= 4 is 17.5 Å². The molecule has 0 radical (unpaired) electrons. The molecule has 6 unspecified atom stereocenters. The molecule has 2 saturated carbocycles. The molecule has 0 aromatic rings. The summed E-state index contributed by atoms with van der Waals surface area (Å²) in [5.41, 5.74) is 2.83. The first-order valence-electron chi connectivity index (χ1n) is 11.3. The number of ketones is 2. The summed E-state index contributed by atoms with van der Waals surface area (Å²) in [6.45, 7) is 8.09. The number of fused-ring (bicyclic) bond motifs is 5. The van der Waals surface area contributed by atoms with Crippen LogP contribution in [0.3, 0.4) is 0 Å². The molecule has 6 atom stereocenters. The topological polar surface area (TPSA) is 60.4 Å². The van der Waals surface area contributed by atoms with Crippen LogP contribution in [0.5, 0.6) is 0 Å². The Bertz CT molecular complexity index is 806.